The Labute approximate surface area is 83.1 Å². The molecule has 74 valence electrons. The van der Waals surface area contributed by atoms with Crippen LogP contribution in [-0.2, 0) is 11.2 Å². The van der Waals surface area contributed by atoms with Gasteiger partial charge in [-0.2, -0.15) is 10.4 Å². The van der Waals surface area contributed by atoms with Crippen LogP contribution in [0, 0.1) is 11.3 Å². The van der Waals surface area contributed by atoms with Gasteiger partial charge in [0.1, 0.15) is 6.23 Å². The van der Waals surface area contributed by atoms with Gasteiger partial charge in [0.2, 0.25) is 0 Å². The van der Waals surface area contributed by atoms with Gasteiger partial charge in [-0.3, -0.25) is 0 Å². The number of ether oxygens (including phenoxy) is 1. The van der Waals surface area contributed by atoms with Gasteiger partial charge >= 0.3 is 0 Å². The van der Waals surface area contributed by atoms with Gasteiger partial charge in [0.05, 0.1) is 18.2 Å². The van der Waals surface area contributed by atoms with Crippen molar-refractivity contribution in [2.45, 2.75) is 31.9 Å². The van der Waals surface area contributed by atoms with Gasteiger partial charge in [-0.1, -0.05) is 0 Å². The monoisotopic (exact) mass is 191 g/mol. The number of aromatic nitrogens is 2. The SMILES string of the molecule is N#CCc1ccn(C2CCCCO2)n1. The summed E-state index contributed by atoms with van der Waals surface area (Å²) < 4.78 is 7.40. The number of hydrogen-bond donors (Lipinski definition) is 0. The van der Waals surface area contributed by atoms with Crippen LogP contribution in [-0.4, -0.2) is 16.4 Å². The zero-order chi connectivity index (χ0) is 9.80. The summed E-state index contributed by atoms with van der Waals surface area (Å²) in [5.74, 6) is 0. The fraction of sp³-hybridized carbons (Fsp3) is 0.600. The number of rotatable bonds is 2. The quantitative estimate of drug-likeness (QED) is 0.714. The maximum atomic E-state index is 8.51. The predicted octanol–water partition coefficient (Wildman–Crippen LogP) is 1.65. The fourth-order valence-corrected chi connectivity index (χ4v) is 1.65. The van der Waals surface area contributed by atoms with E-state index in [-0.39, 0.29) is 6.23 Å². The topological polar surface area (TPSA) is 50.8 Å². The van der Waals surface area contributed by atoms with Gasteiger partial charge in [-0.05, 0) is 25.3 Å². The molecule has 0 radical (unpaired) electrons. The zero-order valence-corrected chi connectivity index (χ0v) is 8.02. The van der Waals surface area contributed by atoms with Crippen molar-refractivity contribution in [1.82, 2.24) is 9.78 Å². The molecular weight excluding hydrogens is 178 g/mol. The molecule has 1 atom stereocenters. The van der Waals surface area contributed by atoms with Crippen LogP contribution in [0.3, 0.4) is 0 Å². The van der Waals surface area contributed by atoms with Gasteiger partial charge in [-0.15, -0.1) is 0 Å². The highest BCUT2D eigenvalue weighted by Crippen LogP contribution is 2.21. The Kier molecular flexibility index (Phi) is 2.80. The molecule has 0 N–H and O–H groups in total. The first-order valence-corrected chi connectivity index (χ1v) is 4.93. The van der Waals surface area contributed by atoms with Crippen LogP contribution in [0.2, 0.25) is 0 Å². The molecule has 0 amide bonds. The summed E-state index contributed by atoms with van der Waals surface area (Å²) in [7, 11) is 0. The van der Waals surface area contributed by atoms with E-state index in [1.807, 2.05) is 16.9 Å². The maximum Gasteiger partial charge on any atom is 0.150 e. The van der Waals surface area contributed by atoms with Gasteiger partial charge in [0, 0.05) is 12.8 Å². The predicted molar refractivity (Wildman–Crippen MR) is 50.4 cm³/mol. The summed E-state index contributed by atoms with van der Waals surface area (Å²) in [6, 6.07) is 3.96. The van der Waals surface area contributed by atoms with E-state index in [9.17, 15) is 0 Å². The molecule has 1 fully saturated rings. The summed E-state index contributed by atoms with van der Waals surface area (Å²) >= 11 is 0. The molecule has 0 aromatic carbocycles. The van der Waals surface area contributed by atoms with Gasteiger partial charge in [-0.25, -0.2) is 4.68 Å². The van der Waals surface area contributed by atoms with E-state index < -0.39 is 0 Å². The van der Waals surface area contributed by atoms with E-state index in [2.05, 4.69) is 11.2 Å². The standard InChI is InChI=1S/C10H13N3O/c11-6-4-9-5-7-13(12-9)10-3-1-2-8-14-10/h5,7,10H,1-4,8H2. The highest BCUT2D eigenvalue weighted by Gasteiger charge is 2.16. The van der Waals surface area contributed by atoms with E-state index in [0.29, 0.717) is 6.42 Å². The molecular formula is C10H13N3O. The molecule has 0 spiro atoms. The van der Waals surface area contributed by atoms with Crippen molar-refractivity contribution in [2.24, 2.45) is 0 Å². The summed E-state index contributed by atoms with van der Waals surface area (Å²) in [6.07, 6.45) is 5.70. The number of nitriles is 1. The van der Waals surface area contributed by atoms with E-state index in [1.54, 1.807) is 0 Å². The first-order chi connectivity index (χ1) is 6.90. The average Bonchev–Trinajstić information content (AvgIpc) is 2.68. The molecule has 1 aromatic rings. The molecule has 14 heavy (non-hydrogen) atoms. The third-order valence-corrected chi connectivity index (χ3v) is 2.37. The van der Waals surface area contributed by atoms with Gasteiger partial charge in [0.15, 0.2) is 0 Å². The highest BCUT2D eigenvalue weighted by molar-refractivity contribution is 5.05. The second kappa shape index (κ2) is 4.25. The lowest BCUT2D eigenvalue weighted by atomic mass is 10.2. The largest absolute Gasteiger partial charge is 0.357 e. The maximum absolute atomic E-state index is 8.51. The van der Waals surface area contributed by atoms with Crippen molar-refractivity contribution < 1.29 is 4.74 Å². The molecule has 1 saturated heterocycles. The third kappa shape index (κ3) is 1.94. The molecule has 4 nitrogen and oxygen atoms in total. The first-order valence-electron chi connectivity index (χ1n) is 4.93. The van der Waals surface area contributed by atoms with E-state index in [0.717, 1.165) is 25.1 Å². The smallest absolute Gasteiger partial charge is 0.150 e. The van der Waals surface area contributed by atoms with Crippen molar-refractivity contribution in [1.29, 1.82) is 5.26 Å². The Morgan fingerprint density at radius 1 is 1.64 bits per heavy atom. The van der Waals surface area contributed by atoms with E-state index in [1.165, 1.54) is 6.42 Å². The molecule has 0 bridgehead atoms. The van der Waals surface area contributed by atoms with Crippen molar-refractivity contribution >= 4 is 0 Å². The molecule has 1 aliphatic heterocycles. The zero-order valence-electron chi connectivity index (χ0n) is 8.02. The van der Waals surface area contributed by atoms with Crippen LogP contribution in [0.25, 0.3) is 0 Å². The second-order valence-electron chi connectivity index (χ2n) is 3.44. The molecule has 0 aliphatic carbocycles. The molecule has 1 unspecified atom stereocenters. The second-order valence-corrected chi connectivity index (χ2v) is 3.44. The van der Waals surface area contributed by atoms with Gasteiger partial charge < -0.3 is 4.74 Å². The lowest BCUT2D eigenvalue weighted by Gasteiger charge is -2.22. The Morgan fingerprint density at radius 2 is 2.57 bits per heavy atom. The Balaban J connectivity index is 2.04. The molecule has 1 aromatic heterocycles. The normalized spacial score (nSPS) is 21.8. The number of nitrogens with zero attached hydrogens (tertiary/aromatic N) is 3. The third-order valence-electron chi connectivity index (χ3n) is 2.37. The Hall–Kier alpha value is -1.34. The van der Waals surface area contributed by atoms with Crippen LogP contribution in [0.4, 0.5) is 0 Å². The number of hydrogen-bond acceptors (Lipinski definition) is 3. The minimum Gasteiger partial charge on any atom is -0.357 e. The van der Waals surface area contributed by atoms with Crippen molar-refractivity contribution in [3.63, 3.8) is 0 Å². The van der Waals surface area contributed by atoms with Crippen molar-refractivity contribution in [2.75, 3.05) is 6.61 Å². The lowest BCUT2D eigenvalue weighted by molar-refractivity contribution is -0.0396. The molecule has 4 heteroatoms. The summed E-state index contributed by atoms with van der Waals surface area (Å²) in [4.78, 5) is 0. The van der Waals surface area contributed by atoms with Crippen molar-refractivity contribution in [3.05, 3.63) is 18.0 Å². The average molecular weight is 191 g/mol. The molecule has 2 heterocycles. The minimum absolute atomic E-state index is 0.0798. The van der Waals surface area contributed by atoms with Crippen LogP contribution in [0.5, 0.6) is 0 Å². The first kappa shape index (κ1) is 9.22. The van der Waals surface area contributed by atoms with Crippen LogP contribution >= 0.6 is 0 Å². The van der Waals surface area contributed by atoms with Gasteiger partial charge in [0.25, 0.3) is 0 Å². The van der Waals surface area contributed by atoms with Crippen LogP contribution < -0.4 is 0 Å². The fourth-order valence-electron chi connectivity index (χ4n) is 1.65. The van der Waals surface area contributed by atoms with Crippen molar-refractivity contribution in [3.8, 4) is 6.07 Å². The Bertz CT molecular complexity index is 333. The molecule has 0 saturated carbocycles. The van der Waals surface area contributed by atoms with E-state index >= 15 is 0 Å². The summed E-state index contributed by atoms with van der Waals surface area (Å²) in [5, 5.41) is 12.8. The Morgan fingerprint density at radius 3 is 3.29 bits per heavy atom. The van der Waals surface area contributed by atoms with Crippen LogP contribution in [0.15, 0.2) is 12.3 Å². The van der Waals surface area contributed by atoms with E-state index in [4.69, 9.17) is 10.00 Å². The molecule has 2 rings (SSSR count). The lowest BCUT2D eigenvalue weighted by Crippen LogP contribution is -2.18. The highest BCUT2D eigenvalue weighted by atomic mass is 16.5. The summed E-state index contributed by atoms with van der Waals surface area (Å²) in [6.45, 7) is 0.818. The van der Waals surface area contributed by atoms with Crippen LogP contribution in [0.1, 0.15) is 31.2 Å². The molecule has 1 aliphatic rings. The minimum atomic E-state index is 0.0798. The summed E-state index contributed by atoms with van der Waals surface area (Å²) in [5.41, 5.74) is 0.821.